The van der Waals surface area contributed by atoms with Crippen molar-refractivity contribution in [3.63, 3.8) is 0 Å². The van der Waals surface area contributed by atoms with Gasteiger partial charge in [-0.1, -0.05) is 0 Å². The van der Waals surface area contributed by atoms with E-state index < -0.39 is 0 Å². The van der Waals surface area contributed by atoms with Crippen LogP contribution in [0.15, 0.2) is 12.1 Å². The van der Waals surface area contributed by atoms with E-state index in [-0.39, 0.29) is 0 Å². The molecule has 1 fully saturated rings. The predicted octanol–water partition coefficient (Wildman–Crippen LogP) is 1.77. The zero-order valence-corrected chi connectivity index (χ0v) is 7.36. The van der Waals surface area contributed by atoms with Gasteiger partial charge in [-0.05, 0) is 19.3 Å². The van der Waals surface area contributed by atoms with Crippen LogP contribution in [0.25, 0.3) is 4.98 Å². The van der Waals surface area contributed by atoms with Gasteiger partial charge < -0.3 is 9.64 Å². The van der Waals surface area contributed by atoms with Crippen molar-refractivity contribution in [2.45, 2.75) is 19.3 Å². The predicted molar refractivity (Wildman–Crippen MR) is 45.6 cm³/mol. The summed E-state index contributed by atoms with van der Waals surface area (Å²) in [5.74, 6) is 0.650. The molecule has 4 nitrogen and oxygen atoms in total. The van der Waals surface area contributed by atoms with Gasteiger partial charge in [-0.2, -0.15) is 0 Å². The smallest absolute Gasteiger partial charge is 0.409 e. The first-order valence-corrected chi connectivity index (χ1v) is 4.22. The molecule has 0 bridgehead atoms. The summed E-state index contributed by atoms with van der Waals surface area (Å²) >= 11 is 0. The number of nitrogens with zero attached hydrogens (tertiary/aromatic N) is 3. The van der Waals surface area contributed by atoms with Crippen molar-refractivity contribution in [1.29, 1.82) is 5.39 Å². The maximum atomic E-state index is 8.34. The van der Waals surface area contributed by atoms with Crippen molar-refractivity contribution in [1.82, 2.24) is 4.90 Å². The molecular weight excluding hydrogens is 154 g/mol. The molecule has 12 heavy (non-hydrogen) atoms. The van der Waals surface area contributed by atoms with E-state index in [9.17, 15) is 0 Å². The molecule has 0 aliphatic carbocycles. The van der Waals surface area contributed by atoms with Crippen LogP contribution in [-0.4, -0.2) is 25.1 Å². The van der Waals surface area contributed by atoms with Crippen LogP contribution in [-0.2, 0) is 4.74 Å². The lowest BCUT2D eigenvalue weighted by Gasteiger charge is -2.27. The maximum Gasteiger partial charge on any atom is 0.409 e. The summed E-state index contributed by atoms with van der Waals surface area (Å²) in [6.45, 7) is 1.99. The average Bonchev–Trinajstić information content (AvgIpc) is 2.15. The Kier molecular flexibility index (Phi) is 3.39. The molecule has 0 aromatic carbocycles. The second-order valence-corrected chi connectivity index (χ2v) is 2.83. The zero-order chi connectivity index (χ0) is 8.81. The van der Waals surface area contributed by atoms with Gasteiger partial charge in [0.15, 0.2) is 4.98 Å². The molecule has 0 aromatic heterocycles. The summed E-state index contributed by atoms with van der Waals surface area (Å²) in [6, 6.07) is 0. The van der Waals surface area contributed by atoms with Gasteiger partial charge >= 0.3 is 6.20 Å². The van der Waals surface area contributed by atoms with Gasteiger partial charge in [0.05, 0.1) is 7.11 Å². The highest BCUT2D eigenvalue weighted by Crippen LogP contribution is 2.14. The Bertz CT molecular complexity index is 201. The maximum absolute atomic E-state index is 8.34. The monoisotopic (exact) mass is 168 g/mol. The highest BCUT2D eigenvalue weighted by atomic mass is 16.5. The Labute approximate surface area is 72.4 Å². The quantitative estimate of drug-likeness (QED) is 0.466. The fourth-order valence-electron chi connectivity index (χ4n) is 1.43. The van der Waals surface area contributed by atoms with E-state index in [0.717, 1.165) is 13.1 Å². The zero-order valence-electron chi connectivity index (χ0n) is 7.36. The van der Waals surface area contributed by atoms with E-state index >= 15 is 0 Å². The number of hydrogen-bond donors (Lipinski definition) is 0. The summed E-state index contributed by atoms with van der Waals surface area (Å²) < 4.78 is 5.06. The van der Waals surface area contributed by atoms with E-state index in [0.29, 0.717) is 5.88 Å². The molecule has 1 aliphatic rings. The molecule has 0 amide bonds. The average molecular weight is 168 g/mol. The summed E-state index contributed by atoms with van der Waals surface area (Å²) in [6.07, 6.45) is 4.99. The number of rotatable bonds is 2. The summed E-state index contributed by atoms with van der Waals surface area (Å²) in [7, 11) is 1.59. The molecule has 0 radical (unpaired) electrons. The Hall–Kier alpha value is -1.24. The fraction of sp³-hybridized carbons (Fsp3) is 0.750. The third kappa shape index (κ3) is 2.12. The second-order valence-electron chi connectivity index (χ2n) is 2.83. The van der Waals surface area contributed by atoms with Gasteiger partial charge in [0.25, 0.3) is 5.88 Å². The van der Waals surface area contributed by atoms with Crippen LogP contribution in [0, 0.1) is 5.39 Å². The summed E-state index contributed by atoms with van der Waals surface area (Å²) in [4.78, 5) is 5.04. The Balaban J connectivity index is 2.53. The molecule has 1 rings (SSSR count). The highest BCUT2D eigenvalue weighted by Gasteiger charge is 2.16. The minimum Gasteiger partial charge on any atom is -0.477 e. The number of ether oxygens (including phenoxy) is 1. The lowest BCUT2D eigenvalue weighted by Crippen LogP contribution is -2.29. The van der Waals surface area contributed by atoms with Crippen molar-refractivity contribution < 1.29 is 4.74 Å². The van der Waals surface area contributed by atoms with E-state index in [1.807, 2.05) is 0 Å². The molecule has 0 spiro atoms. The van der Waals surface area contributed by atoms with E-state index in [4.69, 9.17) is 10.1 Å². The largest absolute Gasteiger partial charge is 0.477 e. The Morgan fingerprint density at radius 2 is 2.08 bits per heavy atom. The molecule has 0 saturated carbocycles. The van der Waals surface area contributed by atoms with E-state index in [2.05, 4.69) is 9.88 Å². The Morgan fingerprint density at radius 3 is 2.58 bits per heavy atom. The molecular formula is C8H14N3O+. The minimum absolute atomic E-state index is 0.650. The van der Waals surface area contributed by atoms with Crippen LogP contribution < -0.4 is 0 Å². The van der Waals surface area contributed by atoms with Crippen LogP contribution in [0.1, 0.15) is 19.3 Å². The minimum atomic E-state index is 0.650. The summed E-state index contributed by atoms with van der Waals surface area (Å²) in [5, 5.41) is 8.34. The van der Waals surface area contributed by atoms with Crippen LogP contribution >= 0.6 is 0 Å². The SMILES string of the molecule is CO/C(=C/[N+]#N)N1CCCCC1. The number of piperidine rings is 1. The standard InChI is InChI=1S/C8H14N3O/c1-12-8(7-10-9)11-5-3-2-4-6-11/h7H,2-6H2,1H3/q+1/b8-7+. The van der Waals surface area contributed by atoms with Crippen molar-refractivity contribution in [2.24, 2.45) is 0 Å². The molecule has 0 unspecified atom stereocenters. The van der Waals surface area contributed by atoms with E-state index in [1.54, 1.807) is 7.11 Å². The molecule has 1 heterocycles. The first kappa shape index (κ1) is 8.85. The third-order valence-electron chi connectivity index (χ3n) is 2.05. The van der Waals surface area contributed by atoms with Crippen molar-refractivity contribution >= 4 is 0 Å². The second kappa shape index (κ2) is 4.60. The van der Waals surface area contributed by atoms with Crippen molar-refractivity contribution in [2.75, 3.05) is 20.2 Å². The number of hydrogen-bond acceptors (Lipinski definition) is 3. The van der Waals surface area contributed by atoms with E-state index in [1.165, 1.54) is 25.5 Å². The van der Waals surface area contributed by atoms with Crippen molar-refractivity contribution in [3.05, 3.63) is 17.1 Å². The van der Waals surface area contributed by atoms with Crippen LogP contribution in [0.4, 0.5) is 0 Å². The normalized spacial score (nSPS) is 18.7. The van der Waals surface area contributed by atoms with Gasteiger partial charge in [-0.3, -0.25) is 0 Å². The first-order valence-electron chi connectivity index (χ1n) is 4.22. The molecule has 66 valence electrons. The molecule has 1 saturated heterocycles. The topological polar surface area (TPSA) is 40.6 Å². The van der Waals surface area contributed by atoms with Crippen LogP contribution in [0.2, 0.25) is 0 Å². The van der Waals surface area contributed by atoms with Gasteiger partial charge in [0.1, 0.15) is 0 Å². The molecule has 0 atom stereocenters. The number of methoxy groups -OCH3 is 1. The first-order chi connectivity index (χ1) is 5.88. The molecule has 1 aliphatic heterocycles. The highest BCUT2D eigenvalue weighted by molar-refractivity contribution is 4.97. The van der Waals surface area contributed by atoms with Crippen LogP contribution in [0.3, 0.4) is 0 Å². The summed E-state index contributed by atoms with van der Waals surface area (Å²) in [5.41, 5.74) is 0. The van der Waals surface area contributed by atoms with Gasteiger partial charge in [0, 0.05) is 13.1 Å². The Morgan fingerprint density at radius 1 is 1.42 bits per heavy atom. The molecule has 0 N–H and O–H groups in total. The van der Waals surface area contributed by atoms with Crippen molar-refractivity contribution in [3.8, 4) is 0 Å². The van der Waals surface area contributed by atoms with Gasteiger partial charge in [-0.15, -0.1) is 0 Å². The number of diazo groups is 1. The lowest BCUT2D eigenvalue weighted by atomic mass is 10.1. The van der Waals surface area contributed by atoms with Crippen LogP contribution in [0.5, 0.6) is 0 Å². The third-order valence-corrected chi connectivity index (χ3v) is 2.05. The van der Waals surface area contributed by atoms with Gasteiger partial charge in [-0.25, -0.2) is 0 Å². The fourth-order valence-corrected chi connectivity index (χ4v) is 1.43. The lowest BCUT2D eigenvalue weighted by molar-refractivity contribution is 0.135. The molecule has 4 heteroatoms. The van der Waals surface area contributed by atoms with Gasteiger partial charge in [0.2, 0.25) is 5.39 Å². The molecule has 0 aromatic rings. The number of likely N-dealkylation sites (tertiary alicyclic amines) is 1.